The number of aromatic nitrogens is 1. The molecule has 5 nitrogen and oxygen atoms in total. The Balaban J connectivity index is 1.96. The lowest BCUT2D eigenvalue weighted by atomic mass is 10.0. The zero-order valence-corrected chi connectivity index (χ0v) is 15.9. The van der Waals surface area contributed by atoms with E-state index >= 15 is 0 Å². The average molecular weight is 360 g/mol. The summed E-state index contributed by atoms with van der Waals surface area (Å²) in [6.45, 7) is 8.20. The molecule has 1 aromatic carbocycles. The van der Waals surface area contributed by atoms with Gasteiger partial charge in [-0.2, -0.15) is 0 Å². The Labute approximate surface area is 152 Å². The minimum Gasteiger partial charge on any atom is -0.452 e. The van der Waals surface area contributed by atoms with Crippen LogP contribution in [-0.4, -0.2) is 29.5 Å². The van der Waals surface area contributed by atoms with Gasteiger partial charge < -0.3 is 10.1 Å². The number of likely N-dealkylation sites (N-methyl/N-ethyl adjacent to an activating group) is 1. The minimum atomic E-state index is -0.797. The SMILES string of the molecule is CCNC(=O)[C@H](C)OC(=O)Cc1csc(-c2ccc(C(C)C)cc2)n1. The summed E-state index contributed by atoms with van der Waals surface area (Å²) in [6.07, 6.45) is -0.737. The lowest BCUT2D eigenvalue weighted by molar-refractivity contribution is -0.154. The first-order valence-corrected chi connectivity index (χ1v) is 9.30. The lowest BCUT2D eigenvalue weighted by Crippen LogP contribution is -2.35. The van der Waals surface area contributed by atoms with Crippen molar-refractivity contribution >= 4 is 23.2 Å². The zero-order chi connectivity index (χ0) is 18.4. The van der Waals surface area contributed by atoms with Gasteiger partial charge >= 0.3 is 5.97 Å². The van der Waals surface area contributed by atoms with E-state index in [1.807, 2.05) is 24.4 Å². The van der Waals surface area contributed by atoms with Gasteiger partial charge in [0.25, 0.3) is 5.91 Å². The molecule has 0 aliphatic carbocycles. The van der Waals surface area contributed by atoms with Crippen LogP contribution in [0.3, 0.4) is 0 Å². The molecular formula is C19H24N2O3S. The second-order valence-electron chi connectivity index (χ2n) is 6.12. The van der Waals surface area contributed by atoms with Gasteiger partial charge in [0.05, 0.1) is 12.1 Å². The lowest BCUT2D eigenvalue weighted by Gasteiger charge is -2.11. The highest BCUT2D eigenvalue weighted by Crippen LogP contribution is 2.26. The number of nitrogens with one attached hydrogen (secondary N) is 1. The van der Waals surface area contributed by atoms with Gasteiger partial charge in [-0.25, -0.2) is 4.98 Å². The van der Waals surface area contributed by atoms with Crippen molar-refractivity contribution in [1.29, 1.82) is 0 Å². The first-order valence-electron chi connectivity index (χ1n) is 8.42. The summed E-state index contributed by atoms with van der Waals surface area (Å²) in [6, 6.07) is 8.30. The Kier molecular flexibility index (Phi) is 6.70. The number of hydrogen-bond acceptors (Lipinski definition) is 5. The van der Waals surface area contributed by atoms with Crippen LogP contribution < -0.4 is 5.32 Å². The van der Waals surface area contributed by atoms with E-state index in [-0.39, 0.29) is 12.3 Å². The predicted octanol–water partition coefficient (Wildman–Crippen LogP) is 3.54. The average Bonchev–Trinajstić information content (AvgIpc) is 3.03. The van der Waals surface area contributed by atoms with E-state index in [1.54, 1.807) is 6.92 Å². The molecular weight excluding hydrogens is 336 g/mol. The standard InChI is InChI=1S/C19H24N2O3S/c1-5-20-18(23)13(4)24-17(22)10-16-11-25-19(21-16)15-8-6-14(7-9-15)12(2)3/h6-9,11-13H,5,10H2,1-4H3,(H,20,23)/t13-/m0/s1. The molecule has 2 aromatic rings. The van der Waals surface area contributed by atoms with Crippen LogP contribution in [0, 0.1) is 0 Å². The van der Waals surface area contributed by atoms with Crippen molar-refractivity contribution in [3.05, 3.63) is 40.9 Å². The topological polar surface area (TPSA) is 68.3 Å². The molecule has 1 N–H and O–H groups in total. The van der Waals surface area contributed by atoms with Gasteiger partial charge in [0.1, 0.15) is 5.01 Å². The minimum absolute atomic E-state index is 0.0598. The Morgan fingerprint density at radius 3 is 2.48 bits per heavy atom. The molecule has 0 saturated heterocycles. The zero-order valence-electron chi connectivity index (χ0n) is 15.0. The number of nitrogens with zero attached hydrogens (tertiary/aromatic N) is 1. The summed E-state index contributed by atoms with van der Waals surface area (Å²) in [5, 5.41) is 5.34. The molecule has 6 heteroatoms. The van der Waals surface area contributed by atoms with Crippen LogP contribution in [0.4, 0.5) is 0 Å². The Hall–Kier alpha value is -2.21. The summed E-state index contributed by atoms with van der Waals surface area (Å²) in [5.74, 6) is -0.256. The molecule has 1 aromatic heterocycles. The van der Waals surface area contributed by atoms with Crippen molar-refractivity contribution < 1.29 is 14.3 Å². The Morgan fingerprint density at radius 1 is 1.20 bits per heavy atom. The van der Waals surface area contributed by atoms with Crippen molar-refractivity contribution in [2.45, 2.75) is 46.1 Å². The third kappa shape index (κ3) is 5.39. The molecule has 0 radical (unpaired) electrons. The molecule has 0 aliphatic heterocycles. The van der Waals surface area contributed by atoms with E-state index in [4.69, 9.17) is 4.74 Å². The summed E-state index contributed by atoms with van der Waals surface area (Å²) in [5.41, 5.74) is 2.97. The normalized spacial score (nSPS) is 12.0. The molecule has 0 unspecified atom stereocenters. The Bertz CT molecular complexity index is 723. The van der Waals surface area contributed by atoms with Gasteiger partial charge in [0.2, 0.25) is 0 Å². The van der Waals surface area contributed by atoms with Crippen molar-refractivity contribution in [3.63, 3.8) is 0 Å². The Morgan fingerprint density at radius 2 is 1.88 bits per heavy atom. The molecule has 1 heterocycles. The van der Waals surface area contributed by atoms with E-state index < -0.39 is 12.1 Å². The molecule has 2 rings (SSSR count). The van der Waals surface area contributed by atoms with Crippen LogP contribution in [0.25, 0.3) is 10.6 Å². The van der Waals surface area contributed by atoms with Crippen LogP contribution in [0.15, 0.2) is 29.6 Å². The summed E-state index contributed by atoms with van der Waals surface area (Å²) in [7, 11) is 0. The van der Waals surface area contributed by atoms with Crippen molar-refractivity contribution in [2.75, 3.05) is 6.54 Å². The molecule has 0 spiro atoms. The largest absolute Gasteiger partial charge is 0.452 e. The van der Waals surface area contributed by atoms with Crippen LogP contribution >= 0.6 is 11.3 Å². The first-order chi connectivity index (χ1) is 11.9. The molecule has 0 bridgehead atoms. The van der Waals surface area contributed by atoms with Gasteiger partial charge in [-0.05, 0) is 25.3 Å². The molecule has 1 atom stereocenters. The van der Waals surface area contributed by atoms with E-state index in [1.165, 1.54) is 16.9 Å². The maximum absolute atomic E-state index is 12.0. The second kappa shape index (κ2) is 8.76. The van der Waals surface area contributed by atoms with Gasteiger partial charge in [-0.1, -0.05) is 38.1 Å². The van der Waals surface area contributed by atoms with E-state index in [2.05, 4.69) is 36.3 Å². The molecule has 134 valence electrons. The second-order valence-corrected chi connectivity index (χ2v) is 6.98. The van der Waals surface area contributed by atoms with Gasteiger partial charge in [-0.15, -0.1) is 11.3 Å². The summed E-state index contributed by atoms with van der Waals surface area (Å²) < 4.78 is 5.14. The number of ether oxygens (including phenoxy) is 1. The first kappa shape index (κ1) is 19.1. The number of amides is 1. The highest BCUT2D eigenvalue weighted by molar-refractivity contribution is 7.13. The van der Waals surface area contributed by atoms with Crippen LogP contribution in [-0.2, 0) is 20.7 Å². The quantitative estimate of drug-likeness (QED) is 0.767. The highest BCUT2D eigenvalue weighted by Gasteiger charge is 2.18. The van der Waals surface area contributed by atoms with E-state index in [9.17, 15) is 9.59 Å². The van der Waals surface area contributed by atoms with Gasteiger partial charge in [-0.3, -0.25) is 9.59 Å². The van der Waals surface area contributed by atoms with Crippen molar-refractivity contribution in [3.8, 4) is 10.6 Å². The smallest absolute Gasteiger partial charge is 0.312 e. The fraction of sp³-hybridized carbons (Fsp3) is 0.421. The molecule has 0 saturated carbocycles. The number of esters is 1. The summed E-state index contributed by atoms with van der Waals surface area (Å²) in [4.78, 5) is 28.1. The number of thiazole rings is 1. The highest BCUT2D eigenvalue weighted by atomic mass is 32.1. The van der Waals surface area contributed by atoms with Crippen molar-refractivity contribution in [2.24, 2.45) is 0 Å². The number of carbonyl (C=O) groups is 2. The maximum atomic E-state index is 12.0. The van der Waals surface area contributed by atoms with Crippen LogP contribution in [0.1, 0.15) is 44.9 Å². The fourth-order valence-electron chi connectivity index (χ4n) is 2.29. The maximum Gasteiger partial charge on any atom is 0.312 e. The van der Waals surface area contributed by atoms with Crippen LogP contribution in [0.2, 0.25) is 0 Å². The number of carbonyl (C=O) groups excluding carboxylic acids is 2. The number of hydrogen-bond donors (Lipinski definition) is 1. The van der Waals surface area contributed by atoms with Gasteiger partial charge in [0, 0.05) is 17.5 Å². The fourth-order valence-corrected chi connectivity index (χ4v) is 3.12. The summed E-state index contributed by atoms with van der Waals surface area (Å²) >= 11 is 1.49. The molecule has 25 heavy (non-hydrogen) atoms. The monoisotopic (exact) mass is 360 g/mol. The van der Waals surface area contributed by atoms with E-state index in [0.717, 1.165) is 10.6 Å². The molecule has 0 fully saturated rings. The van der Waals surface area contributed by atoms with E-state index in [0.29, 0.717) is 18.2 Å². The third-order valence-electron chi connectivity index (χ3n) is 3.73. The number of benzene rings is 1. The van der Waals surface area contributed by atoms with Gasteiger partial charge in [0.15, 0.2) is 6.10 Å². The van der Waals surface area contributed by atoms with Crippen LogP contribution in [0.5, 0.6) is 0 Å². The van der Waals surface area contributed by atoms with Crippen molar-refractivity contribution in [1.82, 2.24) is 10.3 Å². The molecule has 0 aliphatic rings. The molecule has 1 amide bonds. The third-order valence-corrected chi connectivity index (χ3v) is 4.67. The number of rotatable bonds is 7. The predicted molar refractivity (Wildman–Crippen MR) is 99.6 cm³/mol.